The number of Topliss-reactive ketones (excluding diaryl/α,β-unsaturated/α-hetero) is 2. The molecule has 79 heavy (non-hydrogen) atoms. The van der Waals surface area contributed by atoms with Gasteiger partial charge in [-0.3, -0.25) is 67.4 Å². The number of likely N-dealkylation sites (tertiary alicyclic amines) is 1. The number of nitrogens with one attached hydrogen (secondary N) is 5. The molecule has 24 nitrogen and oxygen atoms in total. The Morgan fingerprint density at radius 1 is 0.671 bits per heavy atom. The normalized spacial score (nSPS) is 26.1. The first-order valence-corrected chi connectivity index (χ1v) is 43.8. The maximum atomic E-state index is 12.3. The van der Waals surface area contributed by atoms with Gasteiger partial charge in [0.1, 0.15) is 15.4 Å². The quantitative estimate of drug-likeness (QED) is 0.0483. The molecule has 4 aliphatic carbocycles. The van der Waals surface area contributed by atoms with Crippen molar-refractivity contribution in [3.8, 4) is 0 Å². The van der Waals surface area contributed by atoms with Crippen molar-refractivity contribution in [2.24, 2.45) is 41.2 Å². The maximum absolute atomic E-state index is 12.3. The van der Waals surface area contributed by atoms with Gasteiger partial charge in [0.05, 0.1) is 11.2 Å². The van der Waals surface area contributed by atoms with Crippen LogP contribution in [0.1, 0.15) is 89.9 Å². The molecule has 3 atom stereocenters. The molecule has 444 valence electrons. The Morgan fingerprint density at radius 3 is 1.28 bits per heavy atom. The van der Waals surface area contributed by atoms with Crippen molar-refractivity contribution in [3.05, 3.63) is 24.3 Å². The fourth-order valence-electron chi connectivity index (χ4n) is 9.53. The molecule has 7 aliphatic rings. The minimum absolute atomic E-state index is 0.0292. The number of carbonyl (C=O) groups is 11. The summed E-state index contributed by atoms with van der Waals surface area (Å²) in [5, 5.41) is 3.17. The van der Waals surface area contributed by atoms with Gasteiger partial charge < -0.3 is 25.7 Å². The first kappa shape index (κ1) is 70.6. The minimum atomic E-state index is -4.98. The first-order valence-electron chi connectivity index (χ1n) is 25.8. The summed E-state index contributed by atoms with van der Waals surface area (Å²) in [4.78, 5) is 133. The van der Waals surface area contributed by atoms with Crippen molar-refractivity contribution in [2.45, 2.75) is 106 Å². The van der Waals surface area contributed by atoms with Gasteiger partial charge in [-0.1, -0.05) is 0 Å². The molecule has 1 saturated heterocycles. The molecule has 8 amide bonds. The van der Waals surface area contributed by atoms with Crippen molar-refractivity contribution in [1.29, 1.82) is 11.7 Å². The molecule has 7 rings (SSSR count). The number of ketones is 2. The Hall–Kier alpha value is -2.66. The van der Waals surface area contributed by atoms with E-state index in [1.807, 2.05) is 6.26 Å². The fourth-order valence-corrected chi connectivity index (χ4v) is 10.9. The molecule has 0 aromatic heterocycles. The van der Waals surface area contributed by atoms with E-state index >= 15 is 0 Å². The van der Waals surface area contributed by atoms with Gasteiger partial charge in [0.25, 0.3) is 23.6 Å². The molecule has 0 bridgehead atoms. The van der Waals surface area contributed by atoms with Gasteiger partial charge in [0.15, 0.2) is 11.6 Å². The summed E-state index contributed by atoms with van der Waals surface area (Å²) in [6.07, 6.45) is 15.2. The molecule has 5 fully saturated rings. The average Bonchev–Trinajstić information content (AvgIpc) is 4.36. The van der Waals surface area contributed by atoms with E-state index < -0.39 is 101 Å². The summed E-state index contributed by atoms with van der Waals surface area (Å²) in [6.45, 7) is 1.29. The summed E-state index contributed by atoms with van der Waals surface area (Å²) in [6, 6.07) is 0. The molecule has 0 aromatic carbocycles. The number of ether oxygens (including phenoxy) is 1. The Morgan fingerprint density at radius 2 is 1.00 bits per heavy atom. The molecule has 33 heteroatoms. The van der Waals surface area contributed by atoms with Crippen LogP contribution in [-0.4, -0.2) is 162 Å². The molecule has 3 aliphatic heterocycles. The number of thioether (sulfide) groups is 1. The van der Waals surface area contributed by atoms with Gasteiger partial charge in [-0.2, -0.15) is 24.4 Å². The number of nitrogens with two attached hydrogens (primary N) is 1. The Bertz CT molecular complexity index is 2500. The van der Waals surface area contributed by atoms with Gasteiger partial charge in [-0.25, -0.2) is 8.42 Å². The van der Waals surface area contributed by atoms with Gasteiger partial charge in [0, 0.05) is 82.7 Å². The number of esters is 1. The predicted octanol–water partition coefficient (Wildman–Crippen LogP) is 3.53. The number of thiol groups is 1. The van der Waals surface area contributed by atoms with Crippen LogP contribution in [0.4, 0.5) is 0 Å². The number of imide groups is 3. The van der Waals surface area contributed by atoms with Crippen LogP contribution in [0.25, 0.3) is 0 Å². The summed E-state index contributed by atoms with van der Waals surface area (Å²) >= 11 is 2.34. The standard InChI is InChI=1S/C17H19NO9S.C14H22N2O3S.C13H18N2O3.CH5N.CH4S.3HN.3S.3W/c19-11-7-12(28(24,25)26)15(22)16(11)27-17(23)10-3-1-9(2-4-10)8-18-13(20)5-6-14(18)21;1-15-13(18)10-5-3-9(4-6-10)8-16-12(17)7-11(20-2)14(16)19;1-14-13(18)10-4-2-9(3-5-10)8-15-11(16)6-7-12(15)17;2*1-2;;;;;;;;;/h5-6,9-10,12,16H,1-4,7-8H2,(H,24,25,26);9-11H,3-8H2,1-2H3,(H,15,18);6-7,9-10H,2-5,8H2,1H3,(H,14,18);2H2,1H3;2H,1H3;3*1H;;;;;;/p-1/i;;;;;3*1T;;;;;;. The Labute approximate surface area is 511 Å². The van der Waals surface area contributed by atoms with Crippen LogP contribution in [-0.2, 0) is 117 Å². The monoisotopic (exact) mass is 1740 g/mol. The van der Waals surface area contributed by atoms with Crippen LogP contribution < -0.4 is 16.4 Å². The molecular formula is C46H70N9O15S6W3-. The third kappa shape index (κ3) is 25.8. The number of rotatable bonds is 12. The molecular weight excluding hydrogens is 1660 g/mol. The first-order chi connectivity index (χ1) is 39.0. The van der Waals surface area contributed by atoms with Crippen LogP contribution in [0.2, 0.25) is 4.24 Å². The third-order valence-electron chi connectivity index (χ3n) is 13.6. The van der Waals surface area contributed by atoms with Crippen LogP contribution in [0.3, 0.4) is 0 Å². The van der Waals surface area contributed by atoms with Crippen LogP contribution in [0.5, 0.6) is 0 Å². The molecule has 3 heterocycles. The third-order valence-corrected chi connectivity index (χ3v) is 15.6. The van der Waals surface area contributed by atoms with Crippen LogP contribution in [0, 0.1) is 47.2 Å². The van der Waals surface area contributed by atoms with E-state index in [0.29, 0.717) is 57.0 Å². The molecule has 0 aromatic rings. The summed E-state index contributed by atoms with van der Waals surface area (Å²) in [5.74, 6) is -3.58. The second-order valence-corrected chi connectivity index (χ2v) is 25.9. The van der Waals surface area contributed by atoms with Gasteiger partial charge in [0.2, 0.25) is 29.7 Å². The van der Waals surface area contributed by atoms with Gasteiger partial charge in [-0.15, -0.1) is 0 Å². The second-order valence-electron chi connectivity index (χ2n) is 18.0. The number of hydrogen-bond donors (Lipinski definition) is 7. The van der Waals surface area contributed by atoms with Gasteiger partial charge in [-0.05, 0) is 114 Å². The van der Waals surface area contributed by atoms with Crippen molar-refractivity contribution in [3.63, 3.8) is 0 Å². The summed E-state index contributed by atoms with van der Waals surface area (Å²) in [7, 11) is 12.9. The number of amides is 8. The molecule has 4 saturated carbocycles. The van der Waals surface area contributed by atoms with E-state index in [1.165, 1.54) is 52.9 Å². The van der Waals surface area contributed by atoms with E-state index in [9.17, 15) is 65.7 Å². The van der Waals surface area contributed by atoms with Crippen molar-refractivity contribution < 1.29 is 124 Å². The molecule has 0 spiro atoms. The zero-order valence-electron chi connectivity index (χ0n) is 47.1. The number of carbonyl (C=O) groups excluding carboxylic acids is 11. The predicted molar refractivity (Wildman–Crippen MR) is 289 cm³/mol. The van der Waals surface area contributed by atoms with Crippen LogP contribution in [0.15, 0.2) is 24.3 Å². The topological polar surface area (TPSA) is 386 Å². The zero-order valence-corrected chi connectivity index (χ0v) is 57.9. The summed E-state index contributed by atoms with van der Waals surface area (Å²) < 4.78 is 65.0. The second kappa shape index (κ2) is 41.4. The fraction of sp³-hybridized carbons (Fsp3) is 0.674. The van der Waals surface area contributed by atoms with Crippen molar-refractivity contribution in [1.82, 2.24) is 25.3 Å². The van der Waals surface area contributed by atoms with E-state index in [4.69, 9.17) is 8.97 Å². The van der Waals surface area contributed by atoms with E-state index in [2.05, 4.69) is 70.2 Å². The number of nitrogens with zero attached hydrogens (tertiary/aromatic N) is 3. The van der Waals surface area contributed by atoms with Crippen LogP contribution >= 0.6 is 53.9 Å². The zero-order chi connectivity index (χ0) is 62.7. The van der Waals surface area contributed by atoms with Crippen molar-refractivity contribution in [2.75, 3.05) is 53.3 Å². The van der Waals surface area contributed by atoms with E-state index in [0.717, 1.165) is 56.3 Å². The molecule has 0 radical (unpaired) electrons. The summed E-state index contributed by atoms with van der Waals surface area (Å²) in [5.41, 5.74) is 4.50. The van der Waals surface area contributed by atoms with Crippen molar-refractivity contribution >= 4 is 129 Å². The van der Waals surface area contributed by atoms with E-state index in [-0.39, 0.29) is 76.8 Å². The molecule has 7 N–H and O–H groups in total. The average molecular weight is 1740 g/mol. The Balaban J connectivity index is 0.00000108. The SMILES string of the molecule is CN.CNC(=O)C1CCC(CN2C(=O)C=CC2=O)CC1.CNC(=O)C1CCC(CN2C(=O)CC(SC)C2=O)CC1.CS.O=C(OC1C(=O)CC(S(=O)(=O)[O-])C1=O)C1CCC(CN2C(=O)C=CC2=O)CC1.[3H][N]=[W]=[S].[3H][N]=[W]=[S].[3H][N]=[W]=[S]. The van der Waals surface area contributed by atoms with E-state index in [1.54, 1.807) is 20.4 Å². The number of hydrogen-bond acceptors (Lipinski definition) is 24. The Kier molecular flexibility index (Phi) is 37.0. The van der Waals surface area contributed by atoms with Gasteiger partial charge >= 0.3 is 101 Å². The molecule has 3 unspecified atom stereocenters.